The van der Waals surface area contributed by atoms with Crippen LogP contribution in [-0.2, 0) is 12.4 Å². The summed E-state index contributed by atoms with van der Waals surface area (Å²) in [5.74, 6) is 1.56. The van der Waals surface area contributed by atoms with Crippen LogP contribution < -0.4 is 40.5 Å². The van der Waals surface area contributed by atoms with Crippen molar-refractivity contribution in [1.29, 1.82) is 0 Å². The monoisotopic (exact) mass is 1100 g/mol. The number of carbonyl (C=O) groups is 1. The zero-order chi connectivity index (χ0) is 54.7. The normalized spacial score (nSPS) is 16.6. The Balaban J connectivity index is 0.000000173. The first-order valence-corrected chi connectivity index (χ1v) is 24.7. The minimum absolute atomic E-state index is 0.0390. The van der Waals surface area contributed by atoms with Crippen LogP contribution >= 0.6 is 23.2 Å². The number of amides is 2. The standard InChI is InChI=1S/C26H26ClF3N6O3.C16H13ClF3N3.C9H15N3O2/c1-25(2,13-37)14-39-23-31-8-6-20(32-23)33-24(38)36-17-7-9-35(12-17)19-11-18(27)21(34-22(19)36)15-4-3-5-16(10-15)26(28,29)30;17-12-7-13-15(21-11-4-5-23(13)8-11)22-14(12)9-2-1-3-10(6-9)16(18,19)20;1-9(2,5-13)6-14-8-11-4-3-7(10)12-8/h3-6,8,10-11,17,37H,7,9,12-14H2,1-2H3,(H,31,32,33,38);1-3,6-7,11H,4-5,8H2,(H,21,22);3-4,13H,5-6H2,1-2H3,(H2,10,11,12)/t17-;11-;/m00./s1. The van der Waals surface area contributed by atoms with Crippen LogP contribution in [0.5, 0.6) is 12.0 Å². The third kappa shape index (κ3) is 13.2. The number of hydrogen-bond acceptors (Lipinski definition) is 15. The molecule has 2 amide bonds. The summed E-state index contributed by atoms with van der Waals surface area (Å²) in [5.41, 5.74) is 5.73. The zero-order valence-corrected chi connectivity index (χ0v) is 43.1. The van der Waals surface area contributed by atoms with Crippen molar-refractivity contribution in [1.82, 2.24) is 29.9 Å². The number of carbonyl (C=O) groups excluding carboxylic acids is 1. The molecule has 4 aliphatic heterocycles. The highest BCUT2D eigenvalue weighted by Crippen LogP contribution is 2.45. The Morgan fingerprint density at radius 1 is 0.724 bits per heavy atom. The van der Waals surface area contributed by atoms with Gasteiger partial charge in [0.1, 0.15) is 11.6 Å². The Morgan fingerprint density at radius 3 is 1.84 bits per heavy atom. The molecule has 4 bridgehead atoms. The SMILES string of the molecule is CC(C)(CO)COc1nccc(N)n1.CC(C)(CO)COc1nccc(NC(=O)N2c3nc(-c4cccc(C(F)(F)F)c4)c(Cl)cc3N3CC[C@H]2C3)n1.FC(F)(F)c1cccc(-c2nc3c(cc2Cl)N2CC[C@@H](C2)N3)c1. The van der Waals surface area contributed by atoms with E-state index in [0.29, 0.717) is 71.6 Å². The quantitative estimate of drug-likeness (QED) is 0.0764. The maximum atomic E-state index is 13.6. The second-order valence-corrected chi connectivity index (χ2v) is 20.8. The molecule has 0 radical (unpaired) electrons. The number of aromatic nitrogens is 6. The van der Waals surface area contributed by atoms with Crippen molar-refractivity contribution in [2.75, 3.05) is 83.7 Å². The highest BCUT2D eigenvalue weighted by atomic mass is 35.5. The number of ether oxygens (including phenoxy) is 2. The van der Waals surface area contributed by atoms with Gasteiger partial charge >= 0.3 is 30.4 Å². The lowest BCUT2D eigenvalue weighted by Gasteiger charge is -2.36. The average molecular weight is 1100 g/mol. The minimum Gasteiger partial charge on any atom is -0.463 e. The second-order valence-electron chi connectivity index (χ2n) is 20.0. The molecule has 2 atom stereocenters. The maximum Gasteiger partial charge on any atom is 0.416 e. The van der Waals surface area contributed by atoms with Gasteiger partial charge in [0.2, 0.25) is 0 Å². The fourth-order valence-corrected chi connectivity index (χ4v) is 8.89. The van der Waals surface area contributed by atoms with Gasteiger partial charge in [-0.15, -0.1) is 0 Å². The third-order valence-corrected chi connectivity index (χ3v) is 13.1. The summed E-state index contributed by atoms with van der Waals surface area (Å²) in [6.07, 6.45) is -4.25. The van der Waals surface area contributed by atoms with Gasteiger partial charge in [-0.1, -0.05) is 75.2 Å². The van der Waals surface area contributed by atoms with E-state index < -0.39 is 34.9 Å². The van der Waals surface area contributed by atoms with Gasteiger partial charge in [0, 0.05) is 66.6 Å². The van der Waals surface area contributed by atoms with Gasteiger partial charge in [-0.25, -0.2) is 24.7 Å². The average Bonchev–Trinajstić information content (AvgIpc) is 4.00. The molecule has 0 aliphatic carbocycles. The largest absolute Gasteiger partial charge is 0.463 e. The number of alkyl halides is 6. The zero-order valence-electron chi connectivity index (χ0n) is 41.6. The van der Waals surface area contributed by atoms with Crippen molar-refractivity contribution in [3.8, 4) is 34.5 Å². The number of aliphatic hydroxyl groups is 2. The molecule has 2 saturated heterocycles. The molecule has 0 saturated carbocycles. The summed E-state index contributed by atoms with van der Waals surface area (Å²) in [6, 6.07) is 16.3. The van der Waals surface area contributed by atoms with Crippen molar-refractivity contribution in [2.45, 2.75) is 65.0 Å². The lowest BCUT2D eigenvalue weighted by Crippen LogP contribution is -2.48. The number of urea groups is 1. The van der Waals surface area contributed by atoms with Gasteiger partial charge in [-0.3, -0.25) is 10.2 Å². The minimum atomic E-state index is -4.53. The number of benzene rings is 2. The molecule has 404 valence electrons. The van der Waals surface area contributed by atoms with Crippen LogP contribution in [0.25, 0.3) is 22.5 Å². The number of nitrogen functional groups attached to an aromatic ring is 1. The van der Waals surface area contributed by atoms with E-state index in [0.717, 1.165) is 49.5 Å². The fourth-order valence-electron chi connectivity index (χ4n) is 8.38. The van der Waals surface area contributed by atoms with Crippen molar-refractivity contribution in [3.63, 3.8) is 0 Å². The van der Waals surface area contributed by atoms with Gasteiger partial charge < -0.3 is 40.5 Å². The molecule has 76 heavy (non-hydrogen) atoms. The van der Waals surface area contributed by atoms with Crippen molar-refractivity contribution >= 4 is 63.9 Å². The molecule has 10 rings (SSSR count). The summed E-state index contributed by atoms with van der Waals surface area (Å²) < 4.78 is 89.6. The predicted octanol–water partition coefficient (Wildman–Crippen LogP) is 10.1. The van der Waals surface area contributed by atoms with Gasteiger partial charge in [0.25, 0.3) is 0 Å². The number of halogens is 8. The second kappa shape index (κ2) is 22.3. The number of anilines is 6. The first-order chi connectivity index (χ1) is 35.9. The van der Waals surface area contributed by atoms with Gasteiger partial charge in [-0.05, 0) is 61.4 Å². The van der Waals surface area contributed by atoms with E-state index in [1.807, 2.05) is 27.7 Å². The Bertz CT molecular complexity index is 3060. The molecule has 17 nitrogen and oxygen atoms in total. The molecule has 4 aliphatic rings. The number of nitrogens with zero attached hydrogens (tertiary/aromatic N) is 9. The number of nitrogens with two attached hydrogens (primary N) is 1. The Labute approximate surface area is 443 Å². The summed E-state index contributed by atoms with van der Waals surface area (Å²) in [4.78, 5) is 44.5. The molecular formula is C51H54Cl2F6N12O5. The molecule has 25 heteroatoms. The first-order valence-electron chi connectivity index (χ1n) is 23.9. The van der Waals surface area contributed by atoms with E-state index in [2.05, 4.69) is 50.3 Å². The van der Waals surface area contributed by atoms with E-state index in [1.54, 1.807) is 24.3 Å². The Kier molecular flexibility index (Phi) is 16.2. The van der Waals surface area contributed by atoms with Crippen LogP contribution in [0, 0.1) is 10.8 Å². The van der Waals surface area contributed by atoms with Crippen LogP contribution in [0.1, 0.15) is 51.7 Å². The van der Waals surface area contributed by atoms with Crippen LogP contribution in [0.15, 0.2) is 85.2 Å². The number of nitrogens with one attached hydrogen (secondary N) is 2. The highest BCUT2D eigenvalue weighted by molar-refractivity contribution is 6.34. The fraction of sp³-hybridized carbons (Fsp3) is 0.392. The molecule has 2 aromatic carbocycles. The Morgan fingerprint density at radius 2 is 1.26 bits per heavy atom. The van der Waals surface area contributed by atoms with E-state index >= 15 is 0 Å². The number of rotatable bonds is 11. The Hall–Kier alpha value is -6.95. The molecule has 6 aromatic rings. The topological polar surface area (TPSA) is 213 Å². The van der Waals surface area contributed by atoms with Gasteiger partial charge in [0.15, 0.2) is 11.6 Å². The van der Waals surface area contributed by atoms with Crippen molar-refractivity contribution in [3.05, 3.63) is 106 Å². The number of aliphatic hydroxyl groups excluding tert-OH is 2. The molecule has 0 spiro atoms. The number of fused-ring (bicyclic) bond motifs is 8. The molecule has 0 unspecified atom stereocenters. The van der Waals surface area contributed by atoms with E-state index in [-0.39, 0.29) is 65.4 Å². The smallest absolute Gasteiger partial charge is 0.416 e. The van der Waals surface area contributed by atoms with Crippen LogP contribution in [0.2, 0.25) is 10.0 Å². The molecule has 8 heterocycles. The van der Waals surface area contributed by atoms with Crippen LogP contribution in [0.3, 0.4) is 0 Å². The van der Waals surface area contributed by atoms with E-state index in [9.17, 15) is 36.2 Å². The van der Waals surface area contributed by atoms with Gasteiger partial charge in [-0.2, -0.15) is 36.3 Å². The lowest BCUT2D eigenvalue weighted by atomic mass is 9.97. The van der Waals surface area contributed by atoms with Crippen molar-refractivity contribution in [2.24, 2.45) is 10.8 Å². The summed E-state index contributed by atoms with van der Waals surface area (Å²) >= 11 is 12.8. The van der Waals surface area contributed by atoms with E-state index in [4.69, 9.17) is 43.5 Å². The van der Waals surface area contributed by atoms with Crippen molar-refractivity contribution < 1.29 is 50.8 Å². The molecular weight excluding hydrogens is 1050 g/mol. The predicted molar refractivity (Wildman–Crippen MR) is 277 cm³/mol. The lowest BCUT2D eigenvalue weighted by molar-refractivity contribution is -0.138. The molecule has 2 fully saturated rings. The summed E-state index contributed by atoms with van der Waals surface area (Å²) in [5, 5.41) is 25.0. The summed E-state index contributed by atoms with van der Waals surface area (Å²) in [6.45, 7) is 11.0. The van der Waals surface area contributed by atoms with Gasteiger partial charge in [0.05, 0.1) is 76.4 Å². The van der Waals surface area contributed by atoms with E-state index in [1.165, 1.54) is 41.6 Å². The maximum absolute atomic E-state index is 13.6. The summed E-state index contributed by atoms with van der Waals surface area (Å²) in [7, 11) is 0. The first kappa shape index (κ1) is 55.3. The number of hydrogen-bond donors (Lipinski definition) is 5. The molecule has 6 N–H and O–H groups in total. The number of pyridine rings is 2. The molecule has 4 aromatic heterocycles. The van der Waals surface area contributed by atoms with Crippen LogP contribution in [-0.4, -0.2) is 111 Å². The highest BCUT2D eigenvalue weighted by Gasteiger charge is 2.42. The van der Waals surface area contributed by atoms with Crippen LogP contribution in [0.4, 0.5) is 65.8 Å². The third-order valence-electron chi connectivity index (χ3n) is 12.6.